The second kappa shape index (κ2) is 5.27. The van der Waals surface area contributed by atoms with Crippen molar-refractivity contribution in [3.63, 3.8) is 0 Å². The van der Waals surface area contributed by atoms with Gasteiger partial charge in [0.25, 0.3) is 0 Å². The van der Waals surface area contributed by atoms with Gasteiger partial charge in [-0.05, 0) is 17.7 Å². The molecule has 0 aliphatic heterocycles. The minimum absolute atomic E-state index is 0.366. The van der Waals surface area contributed by atoms with Crippen molar-refractivity contribution in [2.45, 2.75) is 6.61 Å². The van der Waals surface area contributed by atoms with Crippen LogP contribution in [-0.4, -0.2) is 17.1 Å². The molecule has 1 heterocycles. The molecule has 0 aliphatic carbocycles. The van der Waals surface area contributed by atoms with Crippen molar-refractivity contribution in [2.24, 2.45) is 0 Å². The third-order valence-corrected chi connectivity index (χ3v) is 2.08. The van der Waals surface area contributed by atoms with Crippen LogP contribution >= 0.6 is 0 Å². The standard InChI is InChI=1S/C12H13N3O2/c1-16-8-9-3-2-4-10(5-9)17-12-7-14-11(13)6-15-12/h2-7H,8H2,1H3,(H2,13,14). The van der Waals surface area contributed by atoms with Crippen LogP contribution in [0.25, 0.3) is 0 Å². The van der Waals surface area contributed by atoms with Crippen LogP contribution in [0.5, 0.6) is 11.6 Å². The van der Waals surface area contributed by atoms with Gasteiger partial charge in [-0.3, -0.25) is 0 Å². The Labute approximate surface area is 99.2 Å². The maximum atomic E-state index is 5.54. The van der Waals surface area contributed by atoms with Crippen molar-refractivity contribution >= 4 is 5.82 Å². The molecule has 0 spiro atoms. The molecule has 0 amide bonds. The van der Waals surface area contributed by atoms with Crippen LogP contribution in [-0.2, 0) is 11.3 Å². The van der Waals surface area contributed by atoms with Gasteiger partial charge in [0, 0.05) is 7.11 Å². The Kier molecular flexibility index (Phi) is 3.52. The molecule has 2 N–H and O–H groups in total. The van der Waals surface area contributed by atoms with Gasteiger partial charge < -0.3 is 15.2 Å². The maximum absolute atomic E-state index is 5.54. The zero-order valence-corrected chi connectivity index (χ0v) is 9.46. The van der Waals surface area contributed by atoms with E-state index in [1.54, 1.807) is 7.11 Å². The zero-order valence-electron chi connectivity index (χ0n) is 9.46. The SMILES string of the molecule is COCc1cccc(Oc2cnc(N)cn2)c1. The van der Waals surface area contributed by atoms with Crippen molar-refractivity contribution in [3.05, 3.63) is 42.2 Å². The number of methoxy groups -OCH3 is 1. The van der Waals surface area contributed by atoms with Crippen molar-refractivity contribution in [1.29, 1.82) is 0 Å². The fourth-order valence-corrected chi connectivity index (χ4v) is 1.37. The Bertz CT molecular complexity index is 485. The molecule has 5 heteroatoms. The Hall–Kier alpha value is -2.14. The summed E-state index contributed by atoms with van der Waals surface area (Å²) in [5, 5.41) is 0. The van der Waals surface area contributed by atoms with E-state index in [0.29, 0.717) is 24.1 Å². The third-order valence-electron chi connectivity index (χ3n) is 2.08. The van der Waals surface area contributed by atoms with Crippen LogP contribution in [0.2, 0.25) is 0 Å². The van der Waals surface area contributed by atoms with Crippen molar-refractivity contribution in [2.75, 3.05) is 12.8 Å². The van der Waals surface area contributed by atoms with Gasteiger partial charge in [-0.25, -0.2) is 9.97 Å². The summed E-state index contributed by atoms with van der Waals surface area (Å²) in [4.78, 5) is 7.91. The molecule has 2 aromatic rings. The molecule has 1 aromatic carbocycles. The molecule has 0 fully saturated rings. The smallest absolute Gasteiger partial charge is 0.237 e. The first-order chi connectivity index (χ1) is 8.28. The summed E-state index contributed by atoms with van der Waals surface area (Å²) in [5.41, 5.74) is 6.47. The van der Waals surface area contributed by atoms with Gasteiger partial charge in [-0.1, -0.05) is 12.1 Å². The van der Waals surface area contributed by atoms with Gasteiger partial charge in [0.2, 0.25) is 5.88 Å². The summed E-state index contributed by atoms with van der Waals surface area (Å²) in [5.74, 6) is 1.47. The van der Waals surface area contributed by atoms with Crippen LogP contribution in [0.3, 0.4) is 0 Å². The van der Waals surface area contributed by atoms with Gasteiger partial charge in [0.15, 0.2) is 0 Å². The van der Waals surface area contributed by atoms with E-state index >= 15 is 0 Å². The summed E-state index contributed by atoms with van der Waals surface area (Å²) in [6, 6.07) is 7.60. The molecule has 88 valence electrons. The fourth-order valence-electron chi connectivity index (χ4n) is 1.37. The monoisotopic (exact) mass is 231 g/mol. The lowest BCUT2D eigenvalue weighted by Crippen LogP contribution is -1.94. The van der Waals surface area contributed by atoms with E-state index in [9.17, 15) is 0 Å². The molecular formula is C12H13N3O2. The first-order valence-electron chi connectivity index (χ1n) is 5.11. The fraction of sp³-hybridized carbons (Fsp3) is 0.167. The quantitative estimate of drug-likeness (QED) is 0.871. The normalized spacial score (nSPS) is 10.2. The molecular weight excluding hydrogens is 218 g/mol. The maximum Gasteiger partial charge on any atom is 0.237 e. The van der Waals surface area contributed by atoms with E-state index in [1.165, 1.54) is 12.4 Å². The minimum Gasteiger partial charge on any atom is -0.437 e. The van der Waals surface area contributed by atoms with Gasteiger partial charge in [-0.2, -0.15) is 0 Å². The predicted molar refractivity (Wildman–Crippen MR) is 63.7 cm³/mol. The van der Waals surface area contributed by atoms with Gasteiger partial charge in [0.05, 0.1) is 19.0 Å². The Balaban J connectivity index is 2.12. The van der Waals surface area contributed by atoms with E-state index in [-0.39, 0.29) is 0 Å². The highest BCUT2D eigenvalue weighted by Gasteiger charge is 2.00. The van der Waals surface area contributed by atoms with Crippen LogP contribution < -0.4 is 10.5 Å². The van der Waals surface area contributed by atoms with Crippen molar-refractivity contribution in [1.82, 2.24) is 9.97 Å². The minimum atomic E-state index is 0.366. The number of benzene rings is 1. The molecule has 2 rings (SSSR count). The molecule has 1 aromatic heterocycles. The molecule has 5 nitrogen and oxygen atoms in total. The van der Waals surface area contributed by atoms with Crippen LogP contribution in [0, 0.1) is 0 Å². The number of ether oxygens (including phenoxy) is 2. The van der Waals surface area contributed by atoms with Crippen LogP contribution in [0.15, 0.2) is 36.7 Å². The molecule has 0 saturated heterocycles. The molecule has 0 atom stereocenters. The second-order valence-corrected chi connectivity index (χ2v) is 3.46. The first-order valence-corrected chi connectivity index (χ1v) is 5.11. The van der Waals surface area contributed by atoms with Gasteiger partial charge in [-0.15, -0.1) is 0 Å². The molecule has 0 radical (unpaired) electrons. The number of nitrogens with zero attached hydrogens (tertiary/aromatic N) is 2. The summed E-state index contributed by atoms with van der Waals surface area (Å²) in [6.07, 6.45) is 2.94. The number of hydrogen-bond acceptors (Lipinski definition) is 5. The van der Waals surface area contributed by atoms with E-state index in [4.69, 9.17) is 15.2 Å². The molecule has 0 unspecified atom stereocenters. The number of anilines is 1. The van der Waals surface area contributed by atoms with Crippen molar-refractivity contribution < 1.29 is 9.47 Å². The Morgan fingerprint density at radius 3 is 2.82 bits per heavy atom. The largest absolute Gasteiger partial charge is 0.437 e. The highest BCUT2D eigenvalue weighted by atomic mass is 16.5. The van der Waals surface area contributed by atoms with E-state index in [2.05, 4.69) is 9.97 Å². The Morgan fingerprint density at radius 1 is 1.24 bits per heavy atom. The summed E-state index contributed by atoms with van der Waals surface area (Å²) >= 11 is 0. The molecule has 17 heavy (non-hydrogen) atoms. The topological polar surface area (TPSA) is 70.3 Å². The molecule has 0 aliphatic rings. The van der Waals surface area contributed by atoms with Gasteiger partial charge in [0.1, 0.15) is 11.6 Å². The van der Waals surface area contributed by atoms with E-state index < -0.39 is 0 Å². The Morgan fingerprint density at radius 2 is 2.12 bits per heavy atom. The molecule has 0 bridgehead atoms. The van der Waals surface area contributed by atoms with Crippen LogP contribution in [0.1, 0.15) is 5.56 Å². The van der Waals surface area contributed by atoms with Gasteiger partial charge >= 0.3 is 0 Å². The van der Waals surface area contributed by atoms with Crippen LogP contribution in [0.4, 0.5) is 5.82 Å². The van der Waals surface area contributed by atoms with Crippen molar-refractivity contribution in [3.8, 4) is 11.6 Å². The number of aromatic nitrogens is 2. The lowest BCUT2D eigenvalue weighted by atomic mass is 10.2. The number of hydrogen-bond donors (Lipinski definition) is 1. The summed E-state index contributed by atoms with van der Waals surface area (Å²) in [7, 11) is 1.65. The third kappa shape index (κ3) is 3.15. The second-order valence-electron chi connectivity index (χ2n) is 3.46. The number of nitrogens with two attached hydrogens (primary N) is 1. The predicted octanol–water partition coefficient (Wildman–Crippen LogP) is 2.00. The average molecular weight is 231 g/mol. The number of rotatable bonds is 4. The summed E-state index contributed by atoms with van der Waals surface area (Å²) < 4.78 is 10.6. The highest BCUT2D eigenvalue weighted by molar-refractivity contribution is 5.32. The van der Waals surface area contributed by atoms with E-state index in [0.717, 1.165) is 5.56 Å². The number of nitrogen functional groups attached to an aromatic ring is 1. The molecule has 0 saturated carbocycles. The lowest BCUT2D eigenvalue weighted by Gasteiger charge is -2.06. The zero-order chi connectivity index (χ0) is 12.1. The first kappa shape index (κ1) is 11.3. The summed E-state index contributed by atoms with van der Waals surface area (Å²) in [6.45, 7) is 0.546. The lowest BCUT2D eigenvalue weighted by molar-refractivity contribution is 0.184. The van der Waals surface area contributed by atoms with E-state index in [1.807, 2.05) is 24.3 Å². The average Bonchev–Trinajstić information content (AvgIpc) is 2.33. The highest BCUT2D eigenvalue weighted by Crippen LogP contribution is 2.20.